The lowest BCUT2D eigenvalue weighted by atomic mass is 10.0. The van der Waals surface area contributed by atoms with Crippen LogP contribution in [0.1, 0.15) is 50.7 Å². The second-order valence-corrected chi connectivity index (χ2v) is 7.08. The molecule has 6 nitrogen and oxygen atoms in total. The van der Waals surface area contributed by atoms with Crippen LogP contribution in [0, 0.1) is 6.92 Å². The fourth-order valence-corrected chi connectivity index (χ4v) is 3.40. The molecule has 1 fully saturated rings. The fraction of sp³-hybridized carbons (Fsp3) is 0.619. The number of amides is 1. The van der Waals surface area contributed by atoms with Gasteiger partial charge in [0.25, 0.3) is 0 Å². The molecule has 2 rings (SSSR count). The quantitative estimate of drug-likeness (QED) is 0.341. The maximum atomic E-state index is 12.4. The highest BCUT2D eigenvalue weighted by molar-refractivity contribution is 14.0. The number of ether oxygens (including phenoxy) is 1. The first-order valence-electron chi connectivity index (χ1n) is 10.0. The largest absolute Gasteiger partial charge is 0.494 e. The van der Waals surface area contributed by atoms with Gasteiger partial charge in [0.05, 0.1) is 6.61 Å². The number of benzene rings is 1. The van der Waals surface area contributed by atoms with Gasteiger partial charge in [0.15, 0.2) is 5.96 Å². The zero-order valence-corrected chi connectivity index (χ0v) is 19.9. The standard InChI is InChI=1S/C21H34N4O2.HI/c1-5-27-19-14-16(2)9-10-18(19)15-24-21(22-4)23-12-11-20(26)25-13-7-6-8-17(25)3;/h9-10,14,17H,5-8,11-13,15H2,1-4H3,(H2,22,23,24);1H. The van der Waals surface area contributed by atoms with Crippen LogP contribution in [0.5, 0.6) is 5.75 Å². The second-order valence-electron chi connectivity index (χ2n) is 7.08. The van der Waals surface area contributed by atoms with Crippen molar-refractivity contribution in [2.45, 2.75) is 59.0 Å². The van der Waals surface area contributed by atoms with Crippen molar-refractivity contribution in [2.24, 2.45) is 4.99 Å². The number of aryl methyl sites for hydroxylation is 1. The van der Waals surface area contributed by atoms with Gasteiger partial charge in [-0.1, -0.05) is 12.1 Å². The summed E-state index contributed by atoms with van der Waals surface area (Å²) < 4.78 is 5.72. The van der Waals surface area contributed by atoms with Crippen LogP contribution in [0.4, 0.5) is 0 Å². The molecule has 1 aliphatic heterocycles. The zero-order chi connectivity index (χ0) is 19.6. The third kappa shape index (κ3) is 7.48. The molecule has 1 atom stereocenters. The average Bonchev–Trinajstić information content (AvgIpc) is 2.66. The van der Waals surface area contributed by atoms with E-state index >= 15 is 0 Å². The van der Waals surface area contributed by atoms with Gasteiger partial charge in [-0.2, -0.15) is 0 Å². The summed E-state index contributed by atoms with van der Waals surface area (Å²) in [4.78, 5) is 18.7. The van der Waals surface area contributed by atoms with Crippen LogP contribution in [0.25, 0.3) is 0 Å². The van der Waals surface area contributed by atoms with E-state index in [1.807, 2.05) is 11.8 Å². The van der Waals surface area contributed by atoms with Crippen LogP contribution < -0.4 is 15.4 Å². The van der Waals surface area contributed by atoms with Crippen molar-refractivity contribution < 1.29 is 9.53 Å². The van der Waals surface area contributed by atoms with Crippen molar-refractivity contribution in [3.8, 4) is 5.75 Å². The summed E-state index contributed by atoms with van der Waals surface area (Å²) in [5.74, 6) is 1.81. The van der Waals surface area contributed by atoms with Crippen LogP contribution in [-0.4, -0.2) is 49.6 Å². The number of likely N-dealkylation sites (tertiary alicyclic amines) is 1. The van der Waals surface area contributed by atoms with E-state index in [1.165, 1.54) is 12.0 Å². The van der Waals surface area contributed by atoms with Gasteiger partial charge >= 0.3 is 0 Å². The van der Waals surface area contributed by atoms with E-state index < -0.39 is 0 Å². The predicted molar refractivity (Wildman–Crippen MR) is 126 cm³/mol. The number of guanidine groups is 1. The molecular formula is C21H35IN4O2. The third-order valence-electron chi connectivity index (χ3n) is 4.95. The monoisotopic (exact) mass is 502 g/mol. The topological polar surface area (TPSA) is 66.0 Å². The number of halogens is 1. The highest BCUT2D eigenvalue weighted by Gasteiger charge is 2.22. The molecule has 2 N–H and O–H groups in total. The van der Waals surface area contributed by atoms with Gasteiger partial charge in [0, 0.05) is 44.7 Å². The fourth-order valence-electron chi connectivity index (χ4n) is 3.40. The first-order valence-corrected chi connectivity index (χ1v) is 10.0. The molecule has 1 heterocycles. The molecule has 1 aliphatic rings. The summed E-state index contributed by atoms with van der Waals surface area (Å²) in [5, 5.41) is 6.54. The molecule has 1 unspecified atom stereocenters. The predicted octanol–water partition coefficient (Wildman–Crippen LogP) is 3.47. The Hall–Kier alpha value is -1.51. The summed E-state index contributed by atoms with van der Waals surface area (Å²) >= 11 is 0. The molecule has 0 spiro atoms. The van der Waals surface area contributed by atoms with Crippen molar-refractivity contribution >= 4 is 35.8 Å². The van der Waals surface area contributed by atoms with E-state index in [9.17, 15) is 4.79 Å². The maximum absolute atomic E-state index is 12.4. The molecule has 1 aromatic carbocycles. The Balaban J connectivity index is 0.00000392. The molecule has 7 heteroatoms. The Bertz CT molecular complexity index is 651. The minimum atomic E-state index is 0. The Kier molecular flexibility index (Phi) is 11.3. The van der Waals surface area contributed by atoms with Crippen LogP contribution in [-0.2, 0) is 11.3 Å². The third-order valence-corrected chi connectivity index (χ3v) is 4.95. The van der Waals surface area contributed by atoms with Crippen LogP contribution >= 0.6 is 24.0 Å². The van der Waals surface area contributed by atoms with Crippen molar-refractivity contribution in [2.75, 3.05) is 26.7 Å². The van der Waals surface area contributed by atoms with Crippen LogP contribution in [0.3, 0.4) is 0 Å². The van der Waals surface area contributed by atoms with Gasteiger partial charge < -0.3 is 20.3 Å². The molecule has 158 valence electrons. The van der Waals surface area contributed by atoms with E-state index in [0.717, 1.165) is 30.7 Å². The number of nitrogens with one attached hydrogen (secondary N) is 2. The number of hydrogen-bond donors (Lipinski definition) is 2. The van der Waals surface area contributed by atoms with E-state index in [1.54, 1.807) is 7.05 Å². The molecule has 1 saturated heterocycles. The number of carbonyl (C=O) groups is 1. The van der Waals surface area contributed by atoms with E-state index in [-0.39, 0.29) is 29.9 Å². The summed E-state index contributed by atoms with van der Waals surface area (Å²) in [6.07, 6.45) is 3.94. The van der Waals surface area contributed by atoms with E-state index in [2.05, 4.69) is 47.7 Å². The second kappa shape index (κ2) is 12.9. The molecule has 0 bridgehead atoms. The molecule has 0 saturated carbocycles. The van der Waals surface area contributed by atoms with Gasteiger partial charge in [-0.3, -0.25) is 9.79 Å². The van der Waals surface area contributed by atoms with E-state index in [0.29, 0.717) is 38.1 Å². The molecule has 0 aromatic heterocycles. The first kappa shape index (κ1) is 24.5. The van der Waals surface area contributed by atoms with Crippen LogP contribution in [0.15, 0.2) is 23.2 Å². The minimum absolute atomic E-state index is 0. The molecule has 0 aliphatic carbocycles. The van der Waals surface area contributed by atoms with Crippen molar-refractivity contribution in [1.29, 1.82) is 0 Å². The SMILES string of the molecule is CCOc1cc(C)ccc1CNC(=NC)NCCC(=O)N1CCCCC1C.I. The summed E-state index contributed by atoms with van der Waals surface area (Å²) in [5.41, 5.74) is 2.26. The highest BCUT2D eigenvalue weighted by Crippen LogP contribution is 2.20. The zero-order valence-electron chi connectivity index (χ0n) is 17.6. The number of nitrogens with zero attached hydrogens (tertiary/aromatic N) is 2. The number of rotatable bonds is 7. The average molecular weight is 502 g/mol. The van der Waals surface area contributed by atoms with Gasteiger partial charge in [-0.15, -0.1) is 24.0 Å². The van der Waals surface area contributed by atoms with Crippen molar-refractivity contribution in [3.05, 3.63) is 29.3 Å². The molecule has 28 heavy (non-hydrogen) atoms. The number of carbonyl (C=O) groups excluding carboxylic acids is 1. The van der Waals surface area contributed by atoms with Gasteiger partial charge in [0.1, 0.15) is 5.75 Å². The van der Waals surface area contributed by atoms with Crippen molar-refractivity contribution in [1.82, 2.24) is 15.5 Å². The van der Waals surface area contributed by atoms with Gasteiger partial charge in [-0.05, 0) is 51.7 Å². The first-order chi connectivity index (χ1) is 13.0. The molecule has 1 aromatic rings. The lowest BCUT2D eigenvalue weighted by Gasteiger charge is -2.33. The van der Waals surface area contributed by atoms with E-state index in [4.69, 9.17) is 4.74 Å². The lowest BCUT2D eigenvalue weighted by Crippen LogP contribution is -2.44. The summed E-state index contributed by atoms with van der Waals surface area (Å²) in [6, 6.07) is 6.56. The molecule has 0 radical (unpaired) electrons. The lowest BCUT2D eigenvalue weighted by molar-refractivity contribution is -0.134. The number of piperidine rings is 1. The Morgan fingerprint density at radius 2 is 2.11 bits per heavy atom. The Morgan fingerprint density at radius 1 is 1.32 bits per heavy atom. The smallest absolute Gasteiger partial charge is 0.224 e. The van der Waals surface area contributed by atoms with Crippen molar-refractivity contribution in [3.63, 3.8) is 0 Å². The normalized spacial score (nSPS) is 16.9. The Morgan fingerprint density at radius 3 is 2.79 bits per heavy atom. The summed E-state index contributed by atoms with van der Waals surface area (Å²) in [7, 11) is 1.74. The number of aliphatic imine (C=N–C) groups is 1. The highest BCUT2D eigenvalue weighted by atomic mass is 127. The maximum Gasteiger partial charge on any atom is 0.224 e. The summed E-state index contributed by atoms with van der Waals surface area (Å²) in [6.45, 7) is 8.91. The minimum Gasteiger partial charge on any atom is -0.494 e. The Labute approximate surface area is 186 Å². The molecule has 1 amide bonds. The molecular weight excluding hydrogens is 467 g/mol. The van der Waals surface area contributed by atoms with Gasteiger partial charge in [0.2, 0.25) is 5.91 Å². The number of hydrogen-bond acceptors (Lipinski definition) is 3. The van der Waals surface area contributed by atoms with Gasteiger partial charge in [-0.25, -0.2) is 0 Å². The van der Waals surface area contributed by atoms with Crippen LogP contribution in [0.2, 0.25) is 0 Å².